The molecule has 0 N–H and O–H groups in total. The molecule has 5 nitrogen and oxygen atoms in total. The number of thiazole rings is 1. The van der Waals surface area contributed by atoms with E-state index in [0.29, 0.717) is 17.4 Å². The van der Waals surface area contributed by atoms with Gasteiger partial charge >= 0.3 is 5.97 Å². The van der Waals surface area contributed by atoms with Crippen molar-refractivity contribution in [2.45, 2.75) is 23.5 Å². The van der Waals surface area contributed by atoms with Crippen molar-refractivity contribution in [2.75, 3.05) is 18.1 Å². The maximum absolute atomic E-state index is 12.8. The molecule has 1 amide bonds. The molecule has 0 saturated heterocycles. The first kappa shape index (κ1) is 18.0. The number of hydrogen-bond acceptors (Lipinski definition) is 6. The fourth-order valence-electron chi connectivity index (χ4n) is 3.02. The molecule has 1 aliphatic rings. The van der Waals surface area contributed by atoms with Crippen LogP contribution in [0.25, 0.3) is 10.2 Å². The Kier molecular flexibility index (Phi) is 5.13. The zero-order valence-corrected chi connectivity index (χ0v) is 16.4. The van der Waals surface area contributed by atoms with E-state index >= 15 is 0 Å². The fourth-order valence-corrected chi connectivity index (χ4v) is 4.85. The summed E-state index contributed by atoms with van der Waals surface area (Å²) in [6.45, 7) is 2.51. The number of fused-ring (bicyclic) bond motifs is 2. The van der Waals surface area contributed by atoms with E-state index in [4.69, 9.17) is 4.74 Å². The number of ether oxygens (including phenoxy) is 1. The molecule has 7 heteroatoms. The summed E-state index contributed by atoms with van der Waals surface area (Å²) in [5.74, 6) is -0.700. The first-order valence-corrected chi connectivity index (χ1v) is 10.4. The molecule has 2 aromatic carbocycles. The maximum Gasteiger partial charge on any atom is 0.338 e. The highest BCUT2D eigenvalue weighted by atomic mass is 32.2. The van der Waals surface area contributed by atoms with E-state index in [2.05, 4.69) is 11.9 Å². The summed E-state index contributed by atoms with van der Waals surface area (Å²) in [4.78, 5) is 32.1. The predicted molar refractivity (Wildman–Crippen MR) is 109 cm³/mol. The molecular weight excluding hydrogens is 380 g/mol. The van der Waals surface area contributed by atoms with E-state index in [9.17, 15) is 9.59 Å². The molecule has 0 bridgehead atoms. The molecule has 1 aromatic heterocycles. The zero-order chi connectivity index (χ0) is 18.8. The normalized spacial score (nSPS) is 16.6. The number of nitrogens with zero attached hydrogens (tertiary/aromatic N) is 2. The SMILES string of the molecule is CC1CCN(C(=O)COC(=O)c2ccc3ncsc3c2)c2ccccc2S1. The van der Waals surface area contributed by atoms with Crippen molar-refractivity contribution in [1.82, 2.24) is 4.98 Å². The number of amides is 1. The number of para-hydroxylation sites is 1. The number of carbonyl (C=O) groups is 2. The maximum atomic E-state index is 12.8. The Hall–Kier alpha value is -2.38. The topological polar surface area (TPSA) is 59.5 Å². The van der Waals surface area contributed by atoms with Crippen LogP contribution in [0.5, 0.6) is 0 Å². The third-order valence-electron chi connectivity index (χ3n) is 4.44. The molecule has 0 radical (unpaired) electrons. The highest BCUT2D eigenvalue weighted by Gasteiger charge is 2.25. The lowest BCUT2D eigenvalue weighted by molar-refractivity contribution is -0.121. The lowest BCUT2D eigenvalue weighted by atomic mass is 10.2. The Morgan fingerprint density at radius 3 is 3.00 bits per heavy atom. The molecule has 0 aliphatic carbocycles. The average molecular weight is 399 g/mol. The van der Waals surface area contributed by atoms with Crippen LogP contribution in [0.1, 0.15) is 23.7 Å². The number of rotatable bonds is 3. The molecule has 0 spiro atoms. The molecule has 3 aromatic rings. The number of hydrogen-bond donors (Lipinski definition) is 0. The minimum Gasteiger partial charge on any atom is -0.452 e. The minimum atomic E-state index is -0.496. The van der Waals surface area contributed by atoms with Gasteiger partial charge in [-0.3, -0.25) is 4.79 Å². The Labute approximate surface area is 165 Å². The second-order valence-electron chi connectivity index (χ2n) is 6.34. The van der Waals surface area contributed by atoms with E-state index in [1.165, 1.54) is 11.3 Å². The molecule has 0 fully saturated rings. The lowest BCUT2D eigenvalue weighted by Gasteiger charge is -2.22. The Morgan fingerprint density at radius 2 is 2.11 bits per heavy atom. The molecule has 1 unspecified atom stereocenters. The van der Waals surface area contributed by atoms with Crippen LogP contribution in [0.15, 0.2) is 52.9 Å². The number of benzene rings is 2. The number of carbonyl (C=O) groups excluding carboxylic acids is 2. The standard InChI is InChI=1S/C20H18N2O3S2/c1-13-8-9-22(16-4-2-3-5-17(16)27-13)19(23)11-25-20(24)14-6-7-15-18(10-14)26-12-21-15/h2-7,10,12-13H,8-9,11H2,1H3. The quantitative estimate of drug-likeness (QED) is 0.613. The van der Waals surface area contributed by atoms with E-state index in [0.717, 1.165) is 27.2 Å². The summed E-state index contributed by atoms with van der Waals surface area (Å²) in [5.41, 5.74) is 3.90. The summed E-state index contributed by atoms with van der Waals surface area (Å²) in [6, 6.07) is 13.1. The van der Waals surface area contributed by atoms with E-state index in [1.807, 2.05) is 24.3 Å². The van der Waals surface area contributed by atoms with Crippen molar-refractivity contribution >= 4 is 50.9 Å². The van der Waals surface area contributed by atoms with Crippen molar-refractivity contribution in [3.05, 3.63) is 53.5 Å². The fraction of sp³-hybridized carbons (Fsp3) is 0.250. The smallest absolute Gasteiger partial charge is 0.338 e. The predicted octanol–water partition coefficient (Wildman–Crippen LogP) is 4.37. The van der Waals surface area contributed by atoms with Gasteiger partial charge in [-0.15, -0.1) is 23.1 Å². The Balaban J connectivity index is 1.46. The summed E-state index contributed by atoms with van der Waals surface area (Å²) >= 11 is 3.24. The van der Waals surface area contributed by atoms with Crippen LogP contribution >= 0.6 is 23.1 Å². The summed E-state index contributed by atoms with van der Waals surface area (Å²) in [7, 11) is 0. The van der Waals surface area contributed by atoms with Gasteiger partial charge in [0.1, 0.15) is 0 Å². The Morgan fingerprint density at radius 1 is 1.26 bits per heavy atom. The second-order valence-corrected chi connectivity index (χ2v) is 8.71. The molecular formula is C20H18N2O3S2. The van der Waals surface area contributed by atoms with Crippen LogP contribution in [0.3, 0.4) is 0 Å². The van der Waals surface area contributed by atoms with Crippen LogP contribution in [0, 0.1) is 0 Å². The number of thioether (sulfide) groups is 1. The van der Waals surface area contributed by atoms with Gasteiger partial charge in [-0.05, 0) is 36.8 Å². The minimum absolute atomic E-state index is 0.204. The zero-order valence-electron chi connectivity index (χ0n) is 14.8. The van der Waals surface area contributed by atoms with Gasteiger partial charge in [0.2, 0.25) is 0 Å². The van der Waals surface area contributed by atoms with Crippen molar-refractivity contribution < 1.29 is 14.3 Å². The van der Waals surface area contributed by atoms with Gasteiger partial charge in [0, 0.05) is 16.7 Å². The average Bonchev–Trinajstić information content (AvgIpc) is 3.08. The van der Waals surface area contributed by atoms with Gasteiger partial charge in [-0.25, -0.2) is 9.78 Å². The van der Waals surface area contributed by atoms with Gasteiger partial charge < -0.3 is 9.64 Å². The molecule has 4 rings (SSSR count). The van der Waals surface area contributed by atoms with Gasteiger partial charge in [-0.1, -0.05) is 19.1 Å². The monoisotopic (exact) mass is 398 g/mol. The van der Waals surface area contributed by atoms with Gasteiger partial charge in [0.15, 0.2) is 6.61 Å². The van der Waals surface area contributed by atoms with E-state index in [-0.39, 0.29) is 12.5 Å². The first-order valence-electron chi connectivity index (χ1n) is 8.68. The highest BCUT2D eigenvalue weighted by molar-refractivity contribution is 8.00. The van der Waals surface area contributed by atoms with Gasteiger partial charge in [-0.2, -0.15) is 0 Å². The number of aromatic nitrogens is 1. The summed E-state index contributed by atoms with van der Waals surface area (Å²) < 4.78 is 6.22. The molecule has 1 aliphatic heterocycles. The van der Waals surface area contributed by atoms with Crippen molar-refractivity contribution in [3.8, 4) is 0 Å². The summed E-state index contributed by atoms with van der Waals surface area (Å²) in [6.07, 6.45) is 0.890. The largest absolute Gasteiger partial charge is 0.452 e. The molecule has 27 heavy (non-hydrogen) atoms. The number of esters is 1. The van der Waals surface area contributed by atoms with Crippen LogP contribution in [0.2, 0.25) is 0 Å². The molecule has 0 saturated carbocycles. The molecule has 2 heterocycles. The first-order chi connectivity index (χ1) is 13.1. The van der Waals surface area contributed by atoms with Crippen molar-refractivity contribution in [2.24, 2.45) is 0 Å². The van der Waals surface area contributed by atoms with Crippen molar-refractivity contribution in [3.63, 3.8) is 0 Å². The van der Waals surface area contributed by atoms with E-state index in [1.54, 1.807) is 40.4 Å². The van der Waals surface area contributed by atoms with Crippen molar-refractivity contribution in [1.29, 1.82) is 0 Å². The van der Waals surface area contributed by atoms with Crippen LogP contribution in [0.4, 0.5) is 5.69 Å². The second kappa shape index (κ2) is 7.70. The van der Waals surface area contributed by atoms with Crippen LogP contribution < -0.4 is 4.90 Å². The third kappa shape index (κ3) is 3.84. The summed E-state index contributed by atoms with van der Waals surface area (Å²) in [5, 5.41) is 0.428. The van der Waals surface area contributed by atoms with Gasteiger partial charge in [0.05, 0.1) is 27.0 Å². The van der Waals surface area contributed by atoms with E-state index < -0.39 is 5.97 Å². The van der Waals surface area contributed by atoms with Gasteiger partial charge in [0.25, 0.3) is 5.91 Å². The Bertz CT molecular complexity index is 1000. The highest BCUT2D eigenvalue weighted by Crippen LogP contribution is 2.37. The van der Waals surface area contributed by atoms with Crippen LogP contribution in [-0.4, -0.2) is 35.3 Å². The van der Waals surface area contributed by atoms with Crippen LogP contribution in [-0.2, 0) is 9.53 Å². The molecule has 1 atom stereocenters. The molecule has 138 valence electrons. The lowest BCUT2D eigenvalue weighted by Crippen LogP contribution is -2.35. The number of anilines is 1. The third-order valence-corrected chi connectivity index (χ3v) is 6.47.